The summed E-state index contributed by atoms with van der Waals surface area (Å²) < 4.78 is 13.8. The highest BCUT2D eigenvalue weighted by Gasteiger charge is 2.25. The van der Waals surface area contributed by atoms with E-state index in [4.69, 9.17) is 19.5 Å². The van der Waals surface area contributed by atoms with E-state index in [9.17, 15) is 0 Å². The average Bonchev–Trinajstić information content (AvgIpc) is 3.59. The molecule has 7 heteroatoms. The van der Waals surface area contributed by atoms with Crippen molar-refractivity contribution < 1.29 is 9.47 Å². The van der Waals surface area contributed by atoms with Crippen LogP contribution in [0.2, 0.25) is 0 Å². The number of hydrogen-bond donors (Lipinski definition) is 0. The number of methoxy groups -OCH3 is 1. The number of aryl methyl sites for hydroxylation is 3. The van der Waals surface area contributed by atoms with E-state index in [-0.39, 0.29) is 0 Å². The van der Waals surface area contributed by atoms with Crippen LogP contribution in [0.4, 0.5) is 5.69 Å². The Labute approximate surface area is 264 Å². The summed E-state index contributed by atoms with van der Waals surface area (Å²) in [6.07, 6.45) is 11.9. The maximum absolute atomic E-state index is 6.20. The first-order valence-electron chi connectivity index (χ1n) is 16.5. The molecule has 0 saturated carbocycles. The Balaban J connectivity index is 1.67. The Morgan fingerprint density at radius 1 is 0.841 bits per heavy atom. The number of aliphatic imine (C=N–C) groups is 2. The van der Waals surface area contributed by atoms with E-state index in [1.807, 2.05) is 42.8 Å². The van der Waals surface area contributed by atoms with Gasteiger partial charge in [0.05, 0.1) is 25.1 Å². The first-order chi connectivity index (χ1) is 21.4. The minimum Gasteiger partial charge on any atom is -0.496 e. The molecular weight excluding hydrogens is 546 g/mol. The van der Waals surface area contributed by atoms with Crippen molar-refractivity contribution >= 4 is 23.4 Å². The smallest absolute Gasteiger partial charge is 0.252 e. The van der Waals surface area contributed by atoms with E-state index in [0.29, 0.717) is 12.6 Å². The lowest BCUT2D eigenvalue weighted by atomic mass is 10.0. The largest absolute Gasteiger partial charge is 0.496 e. The summed E-state index contributed by atoms with van der Waals surface area (Å²) in [4.78, 5) is 12.5. The first kappa shape index (κ1) is 33.0. The van der Waals surface area contributed by atoms with Crippen LogP contribution in [0.15, 0.2) is 58.1 Å². The number of aromatic nitrogens is 2. The summed E-state index contributed by atoms with van der Waals surface area (Å²) in [6.45, 7) is 15.6. The van der Waals surface area contributed by atoms with E-state index in [2.05, 4.69) is 62.0 Å². The van der Waals surface area contributed by atoms with Crippen LogP contribution < -0.4 is 14.4 Å². The van der Waals surface area contributed by atoms with Gasteiger partial charge in [-0.1, -0.05) is 58.4 Å². The Kier molecular flexibility index (Phi) is 12.2. The fourth-order valence-corrected chi connectivity index (χ4v) is 5.59. The lowest BCUT2D eigenvalue weighted by molar-refractivity contribution is 0.303. The summed E-state index contributed by atoms with van der Waals surface area (Å²) >= 11 is 0. The number of hydrogen-bond acceptors (Lipinski definition) is 6. The Morgan fingerprint density at radius 3 is 2.30 bits per heavy atom. The van der Waals surface area contributed by atoms with Crippen molar-refractivity contribution in [1.29, 1.82) is 0 Å². The Hall–Kier alpha value is -3.87. The van der Waals surface area contributed by atoms with Crippen molar-refractivity contribution in [3.63, 3.8) is 0 Å². The quantitative estimate of drug-likeness (QED) is 0.155. The van der Waals surface area contributed by atoms with Crippen LogP contribution in [0.3, 0.4) is 0 Å². The highest BCUT2D eigenvalue weighted by Crippen LogP contribution is 2.32. The van der Waals surface area contributed by atoms with Crippen molar-refractivity contribution in [3.05, 3.63) is 76.2 Å². The number of benzene rings is 2. The predicted octanol–water partition coefficient (Wildman–Crippen LogP) is 8.93. The molecule has 0 bridgehead atoms. The summed E-state index contributed by atoms with van der Waals surface area (Å²) in [5.74, 6) is 2.08. The van der Waals surface area contributed by atoms with Crippen LogP contribution in [-0.4, -0.2) is 48.3 Å². The van der Waals surface area contributed by atoms with Gasteiger partial charge in [-0.3, -0.25) is 0 Å². The maximum Gasteiger partial charge on any atom is 0.252 e. The van der Waals surface area contributed by atoms with Crippen LogP contribution in [-0.2, 0) is 0 Å². The molecule has 1 aliphatic heterocycles. The van der Waals surface area contributed by atoms with Crippen molar-refractivity contribution in [2.75, 3.05) is 31.7 Å². The van der Waals surface area contributed by atoms with Crippen molar-refractivity contribution in [3.8, 4) is 11.5 Å². The number of nitrogens with zero attached hydrogens (tertiary/aromatic N) is 5. The van der Waals surface area contributed by atoms with Crippen LogP contribution in [0, 0.1) is 20.8 Å². The highest BCUT2D eigenvalue weighted by molar-refractivity contribution is 6.24. The molecule has 0 saturated heterocycles. The van der Waals surface area contributed by atoms with Gasteiger partial charge in [-0.2, -0.15) is 5.10 Å². The Morgan fingerprint density at radius 2 is 1.61 bits per heavy atom. The van der Waals surface area contributed by atoms with Gasteiger partial charge in [-0.15, -0.1) is 0 Å². The molecule has 236 valence electrons. The van der Waals surface area contributed by atoms with Crippen LogP contribution in [0.25, 0.3) is 6.08 Å². The lowest BCUT2D eigenvalue weighted by Gasteiger charge is -2.23. The number of anilines is 1. The molecule has 0 aliphatic carbocycles. The third kappa shape index (κ3) is 8.40. The second-order valence-corrected chi connectivity index (χ2v) is 11.7. The SMILES string of the molecule is CCCCCCCCOc1ccc(OC)c(C2=NC(n3nc(C)cc3C)=NC2=Cc2ccc(N(CC)CCCC)cc2C)c1. The summed E-state index contributed by atoms with van der Waals surface area (Å²) in [7, 11) is 1.69. The van der Waals surface area contributed by atoms with Crippen molar-refractivity contribution in [1.82, 2.24) is 9.78 Å². The molecule has 4 rings (SSSR count). The number of unbranched alkanes of at least 4 members (excludes halogenated alkanes) is 6. The number of ether oxygens (including phenoxy) is 2. The van der Waals surface area contributed by atoms with Gasteiger partial charge in [0.2, 0.25) is 0 Å². The second kappa shape index (κ2) is 16.3. The molecular formula is C37H51N5O2. The lowest BCUT2D eigenvalue weighted by Crippen LogP contribution is -2.23. The van der Waals surface area contributed by atoms with Crippen LogP contribution >= 0.6 is 0 Å². The third-order valence-corrected chi connectivity index (χ3v) is 8.14. The van der Waals surface area contributed by atoms with Crippen LogP contribution in [0.1, 0.15) is 100 Å². The highest BCUT2D eigenvalue weighted by atomic mass is 16.5. The minimum atomic E-state index is 0.545. The standard InChI is InChI=1S/C37H51N5O2/c1-8-11-13-14-15-16-22-44-32-19-20-35(43-7)33(26-32)36-34(38-37(39-36)42-29(6)24-28(5)40-42)25-30-17-18-31(23-27(30)4)41(10-3)21-12-9-2/h17-20,23-26H,8-16,21-22H2,1-7H3. The molecule has 7 nitrogen and oxygen atoms in total. The van der Waals surface area contributed by atoms with Gasteiger partial charge in [0, 0.05) is 30.0 Å². The van der Waals surface area contributed by atoms with E-state index in [0.717, 1.165) is 64.9 Å². The van der Waals surface area contributed by atoms with Gasteiger partial charge in [0.15, 0.2) is 0 Å². The fourth-order valence-electron chi connectivity index (χ4n) is 5.59. The van der Waals surface area contributed by atoms with E-state index in [1.54, 1.807) is 7.11 Å². The molecule has 0 radical (unpaired) electrons. The molecule has 0 fully saturated rings. The summed E-state index contributed by atoms with van der Waals surface area (Å²) in [6, 6.07) is 14.7. The fraction of sp³-hybridized carbons (Fsp3) is 0.486. The molecule has 1 aliphatic rings. The van der Waals surface area contributed by atoms with E-state index < -0.39 is 0 Å². The molecule has 0 N–H and O–H groups in total. The average molecular weight is 598 g/mol. The molecule has 0 amide bonds. The normalized spacial score (nSPS) is 13.8. The van der Waals surface area contributed by atoms with Crippen LogP contribution in [0.5, 0.6) is 11.5 Å². The maximum atomic E-state index is 6.20. The van der Waals surface area contributed by atoms with Gasteiger partial charge in [-0.05, 0) is 94.1 Å². The number of rotatable bonds is 16. The monoisotopic (exact) mass is 597 g/mol. The van der Waals surface area contributed by atoms with E-state index in [1.165, 1.54) is 56.2 Å². The zero-order chi connectivity index (χ0) is 31.5. The van der Waals surface area contributed by atoms with Gasteiger partial charge < -0.3 is 14.4 Å². The summed E-state index contributed by atoms with van der Waals surface area (Å²) in [5, 5.41) is 4.67. The molecule has 2 heterocycles. The molecule has 0 unspecified atom stereocenters. The van der Waals surface area contributed by atoms with Gasteiger partial charge in [-0.25, -0.2) is 14.7 Å². The molecule has 0 spiro atoms. The van der Waals surface area contributed by atoms with Crippen molar-refractivity contribution in [2.45, 2.75) is 92.9 Å². The predicted molar refractivity (Wildman–Crippen MR) is 185 cm³/mol. The van der Waals surface area contributed by atoms with Crippen molar-refractivity contribution in [2.24, 2.45) is 9.98 Å². The molecule has 3 aromatic rings. The minimum absolute atomic E-state index is 0.545. The van der Waals surface area contributed by atoms with Gasteiger partial charge in [0.1, 0.15) is 17.2 Å². The zero-order valence-corrected chi connectivity index (χ0v) is 27.9. The first-order valence-corrected chi connectivity index (χ1v) is 16.5. The Bertz CT molecular complexity index is 1480. The molecule has 2 aromatic carbocycles. The molecule has 0 atom stereocenters. The zero-order valence-electron chi connectivity index (χ0n) is 27.9. The van der Waals surface area contributed by atoms with Gasteiger partial charge >= 0.3 is 0 Å². The second-order valence-electron chi connectivity index (χ2n) is 11.7. The number of allylic oxidation sites excluding steroid dienone is 1. The topological polar surface area (TPSA) is 64.2 Å². The summed E-state index contributed by atoms with van der Waals surface area (Å²) in [5.41, 5.74) is 7.84. The molecule has 44 heavy (non-hydrogen) atoms. The van der Waals surface area contributed by atoms with Gasteiger partial charge in [0.25, 0.3) is 5.96 Å². The molecule has 1 aromatic heterocycles. The van der Waals surface area contributed by atoms with E-state index >= 15 is 0 Å². The third-order valence-electron chi connectivity index (χ3n) is 8.14.